The van der Waals surface area contributed by atoms with Crippen LogP contribution in [0.2, 0.25) is 0 Å². The number of aromatic nitrogens is 2. The van der Waals surface area contributed by atoms with Crippen molar-refractivity contribution in [3.05, 3.63) is 24.3 Å². The summed E-state index contributed by atoms with van der Waals surface area (Å²) in [5, 5.41) is 9.52. The second-order valence-electron chi connectivity index (χ2n) is 5.26. The zero-order valence-corrected chi connectivity index (χ0v) is 11.6. The van der Waals surface area contributed by atoms with Crippen LogP contribution < -0.4 is 0 Å². The lowest BCUT2D eigenvalue weighted by molar-refractivity contribution is -0.152. The first kappa shape index (κ1) is 14.4. The molecule has 1 aromatic heterocycles. The van der Waals surface area contributed by atoms with Gasteiger partial charge >= 0.3 is 5.97 Å². The molecule has 1 aliphatic rings. The third-order valence-electron chi connectivity index (χ3n) is 3.83. The Hall–Kier alpha value is -1.98. The first-order valence-corrected chi connectivity index (χ1v) is 6.88. The fourth-order valence-corrected chi connectivity index (χ4v) is 2.84. The summed E-state index contributed by atoms with van der Waals surface area (Å²) in [6.07, 6.45) is 7.10. The van der Waals surface area contributed by atoms with Crippen LogP contribution >= 0.6 is 0 Å². The van der Waals surface area contributed by atoms with Crippen molar-refractivity contribution in [1.82, 2.24) is 14.9 Å². The van der Waals surface area contributed by atoms with E-state index in [1.807, 2.05) is 6.92 Å². The number of hydrogen-bond donors (Lipinski definition) is 1. The van der Waals surface area contributed by atoms with Gasteiger partial charge in [-0.15, -0.1) is 0 Å². The highest BCUT2D eigenvalue weighted by atomic mass is 16.4. The fraction of sp³-hybridized carbons (Fsp3) is 0.571. The first-order chi connectivity index (χ1) is 9.59. The van der Waals surface area contributed by atoms with Gasteiger partial charge in [0.1, 0.15) is 5.69 Å². The average Bonchev–Trinajstić information content (AvgIpc) is 2.48. The number of carboxylic acid groups (broad SMARTS) is 1. The quantitative estimate of drug-likeness (QED) is 0.903. The van der Waals surface area contributed by atoms with Gasteiger partial charge in [0.15, 0.2) is 0 Å². The third-order valence-corrected chi connectivity index (χ3v) is 3.83. The molecule has 20 heavy (non-hydrogen) atoms. The Morgan fingerprint density at radius 1 is 1.45 bits per heavy atom. The smallest absolute Gasteiger partial charge is 0.311 e. The van der Waals surface area contributed by atoms with E-state index in [-0.39, 0.29) is 18.1 Å². The number of carbonyl (C=O) groups is 2. The van der Waals surface area contributed by atoms with Gasteiger partial charge in [-0.1, -0.05) is 13.3 Å². The molecule has 108 valence electrons. The van der Waals surface area contributed by atoms with Gasteiger partial charge in [0, 0.05) is 25.5 Å². The van der Waals surface area contributed by atoms with Crippen LogP contribution in [0.4, 0.5) is 0 Å². The van der Waals surface area contributed by atoms with Crippen molar-refractivity contribution < 1.29 is 14.7 Å². The highest BCUT2D eigenvalue weighted by Gasteiger charge is 2.43. The number of piperidine rings is 1. The number of carboxylic acids is 1. The van der Waals surface area contributed by atoms with Crippen LogP contribution in [-0.4, -0.2) is 44.9 Å². The first-order valence-electron chi connectivity index (χ1n) is 6.88. The van der Waals surface area contributed by atoms with Gasteiger partial charge in [0.25, 0.3) is 5.91 Å². The molecule has 0 aliphatic carbocycles. The molecule has 0 radical (unpaired) electrons. The van der Waals surface area contributed by atoms with E-state index >= 15 is 0 Å². The molecule has 0 spiro atoms. The Morgan fingerprint density at radius 3 is 2.85 bits per heavy atom. The zero-order chi connectivity index (χ0) is 14.6. The van der Waals surface area contributed by atoms with E-state index in [0.717, 1.165) is 6.42 Å². The molecule has 1 unspecified atom stereocenters. The molecule has 0 saturated carbocycles. The van der Waals surface area contributed by atoms with Gasteiger partial charge in [-0.2, -0.15) is 0 Å². The number of hydrogen-bond acceptors (Lipinski definition) is 4. The molecular formula is C14H19N3O3. The predicted molar refractivity (Wildman–Crippen MR) is 72.1 cm³/mol. The molecule has 2 heterocycles. The average molecular weight is 277 g/mol. The summed E-state index contributed by atoms with van der Waals surface area (Å²) in [5.41, 5.74) is -0.546. The predicted octanol–water partition coefficient (Wildman–Crippen LogP) is 1.58. The van der Waals surface area contributed by atoms with Gasteiger partial charge in [-0.05, 0) is 19.3 Å². The highest BCUT2D eigenvalue weighted by Crippen LogP contribution is 2.35. The topological polar surface area (TPSA) is 83.4 Å². The summed E-state index contributed by atoms with van der Waals surface area (Å²) in [5.74, 6) is -1.05. The normalized spacial score (nSPS) is 22.6. The lowest BCUT2D eigenvalue weighted by Gasteiger charge is -2.39. The molecule has 0 bridgehead atoms. The monoisotopic (exact) mass is 277 g/mol. The fourth-order valence-electron chi connectivity index (χ4n) is 2.84. The highest BCUT2D eigenvalue weighted by molar-refractivity contribution is 5.92. The van der Waals surface area contributed by atoms with Gasteiger partial charge < -0.3 is 10.0 Å². The summed E-state index contributed by atoms with van der Waals surface area (Å²) >= 11 is 0. The molecule has 1 aliphatic heterocycles. The molecule has 6 heteroatoms. The van der Waals surface area contributed by atoms with Crippen LogP contribution in [0.15, 0.2) is 18.6 Å². The number of carbonyl (C=O) groups excluding carboxylic acids is 1. The van der Waals surface area contributed by atoms with Crippen molar-refractivity contribution in [2.75, 3.05) is 13.1 Å². The molecule has 2 rings (SSSR count). The maximum absolute atomic E-state index is 12.3. The van der Waals surface area contributed by atoms with E-state index in [0.29, 0.717) is 25.8 Å². The number of nitrogens with zero attached hydrogens (tertiary/aromatic N) is 3. The third kappa shape index (κ3) is 2.79. The van der Waals surface area contributed by atoms with Crippen molar-refractivity contribution in [3.63, 3.8) is 0 Å². The zero-order valence-electron chi connectivity index (χ0n) is 11.6. The molecule has 1 fully saturated rings. The van der Waals surface area contributed by atoms with Crippen molar-refractivity contribution in [3.8, 4) is 0 Å². The second kappa shape index (κ2) is 5.98. The Morgan fingerprint density at radius 2 is 2.25 bits per heavy atom. The molecular weight excluding hydrogens is 258 g/mol. The maximum atomic E-state index is 12.3. The standard InChI is InChI=1S/C14H19N3O3/c1-2-4-14(13(19)20)5-3-8-17(10-14)12(18)11-9-15-6-7-16-11/h6-7,9H,2-5,8,10H2,1H3,(H,19,20). The number of rotatable bonds is 4. The minimum absolute atomic E-state index is 0.237. The Bertz CT molecular complexity index is 488. The molecule has 1 aromatic rings. The molecule has 1 saturated heterocycles. The van der Waals surface area contributed by atoms with E-state index in [1.54, 1.807) is 4.90 Å². The summed E-state index contributed by atoms with van der Waals surface area (Å²) in [6, 6.07) is 0. The van der Waals surface area contributed by atoms with E-state index in [9.17, 15) is 14.7 Å². The minimum Gasteiger partial charge on any atom is -0.481 e. The van der Waals surface area contributed by atoms with Crippen molar-refractivity contribution in [2.24, 2.45) is 5.41 Å². The van der Waals surface area contributed by atoms with Gasteiger partial charge in [0.2, 0.25) is 0 Å². The number of likely N-dealkylation sites (tertiary alicyclic amines) is 1. The van der Waals surface area contributed by atoms with Gasteiger partial charge in [-0.25, -0.2) is 4.98 Å². The van der Waals surface area contributed by atoms with E-state index in [1.165, 1.54) is 18.6 Å². The molecule has 6 nitrogen and oxygen atoms in total. The van der Waals surface area contributed by atoms with Crippen LogP contribution in [0.3, 0.4) is 0 Å². The largest absolute Gasteiger partial charge is 0.481 e. The van der Waals surface area contributed by atoms with Crippen LogP contribution in [0.25, 0.3) is 0 Å². The van der Waals surface area contributed by atoms with Gasteiger partial charge in [-0.3, -0.25) is 14.6 Å². The molecule has 1 N–H and O–H groups in total. The van der Waals surface area contributed by atoms with Crippen LogP contribution in [0.5, 0.6) is 0 Å². The van der Waals surface area contributed by atoms with E-state index in [4.69, 9.17) is 0 Å². The Kier molecular flexibility index (Phi) is 4.32. The molecule has 0 aromatic carbocycles. The lowest BCUT2D eigenvalue weighted by Crippen LogP contribution is -2.50. The van der Waals surface area contributed by atoms with Gasteiger partial charge in [0.05, 0.1) is 11.6 Å². The van der Waals surface area contributed by atoms with Crippen LogP contribution in [0, 0.1) is 5.41 Å². The maximum Gasteiger partial charge on any atom is 0.311 e. The van der Waals surface area contributed by atoms with E-state index in [2.05, 4.69) is 9.97 Å². The molecule has 1 amide bonds. The van der Waals surface area contributed by atoms with Crippen molar-refractivity contribution >= 4 is 11.9 Å². The Balaban J connectivity index is 2.18. The Labute approximate surface area is 117 Å². The van der Waals surface area contributed by atoms with Crippen molar-refractivity contribution in [2.45, 2.75) is 32.6 Å². The molecule has 1 atom stereocenters. The summed E-state index contributed by atoms with van der Waals surface area (Å²) in [7, 11) is 0. The van der Waals surface area contributed by atoms with Crippen LogP contribution in [0.1, 0.15) is 43.1 Å². The minimum atomic E-state index is -0.815. The number of aliphatic carboxylic acids is 1. The SMILES string of the molecule is CCCC1(C(=O)O)CCCN(C(=O)c2cnccn2)C1. The lowest BCUT2D eigenvalue weighted by atomic mass is 9.76. The second-order valence-corrected chi connectivity index (χ2v) is 5.26. The summed E-state index contributed by atoms with van der Waals surface area (Å²) in [4.78, 5) is 33.4. The summed E-state index contributed by atoms with van der Waals surface area (Å²) < 4.78 is 0. The van der Waals surface area contributed by atoms with Crippen molar-refractivity contribution in [1.29, 1.82) is 0 Å². The summed E-state index contributed by atoms with van der Waals surface area (Å²) in [6.45, 7) is 2.80. The van der Waals surface area contributed by atoms with E-state index < -0.39 is 11.4 Å². The van der Waals surface area contributed by atoms with Crippen LogP contribution in [-0.2, 0) is 4.79 Å². The number of amides is 1.